The maximum atomic E-state index is 14.5. The van der Waals surface area contributed by atoms with Crippen LogP contribution in [0.25, 0.3) is 55.7 Å². The molecule has 6 rings (SSSR count). The molecular formula is C32H27F2N4O4S+. The maximum absolute atomic E-state index is 14.5. The number of nitrogens with zero attached hydrogens (tertiary/aromatic N) is 1. The van der Waals surface area contributed by atoms with Gasteiger partial charge in [0.2, 0.25) is 15.7 Å². The second-order valence-corrected chi connectivity index (χ2v) is 12.1. The monoisotopic (exact) mass is 601 g/mol. The summed E-state index contributed by atoms with van der Waals surface area (Å²) >= 11 is 0. The molecule has 3 aromatic carbocycles. The third-order valence-electron chi connectivity index (χ3n) is 7.38. The van der Waals surface area contributed by atoms with E-state index in [-0.39, 0.29) is 34.2 Å². The Balaban J connectivity index is 1.60. The van der Waals surface area contributed by atoms with Crippen LogP contribution in [-0.2, 0) is 17.1 Å². The van der Waals surface area contributed by atoms with E-state index in [9.17, 15) is 22.0 Å². The number of H-pyrrole nitrogens is 1. The summed E-state index contributed by atoms with van der Waals surface area (Å²) in [5.41, 5.74) is 4.36. The lowest BCUT2D eigenvalue weighted by molar-refractivity contribution is -0.660. The van der Waals surface area contributed by atoms with Crippen molar-refractivity contribution >= 4 is 43.5 Å². The minimum Gasteiger partial charge on any atom is -0.455 e. The van der Waals surface area contributed by atoms with Crippen molar-refractivity contribution in [1.82, 2.24) is 10.3 Å². The van der Waals surface area contributed by atoms with Gasteiger partial charge < -0.3 is 14.7 Å². The number of furan rings is 1. The van der Waals surface area contributed by atoms with Gasteiger partial charge in [-0.15, -0.1) is 0 Å². The number of sulfonamides is 1. The van der Waals surface area contributed by atoms with E-state index in [1.165, 1.54) is 44.3 Å². The Bertz CT molecular complexity index is 2150. The SMILES string of the molecule is CCS(=O)(=O)Nc1cc2oc(-c3ccc(F)cc3)c(C(=O)NC)c2cc1-c1cc[n+](C)c(-c2cc3c(F)cccc3[nH]2)c1. The molecule has 218 valence electrons. The molecule has 3 N–H and O–H groups in total. The van der Waals surface area contributed by atoms with Crippen molar-refractivity contribution in [3.05, 3.63) is 96.2 Å². The number of carbonyl (C=O) groups excluding carboxylic acids is 1. The van der Waals surface area contributed by atoms with E-state index < -0.39 is 21.7 Å². The molecule has 0 aliphatic heterocycles. The molecule has 1 amide bonds. The number of benzene rings is 3. The summed E-state index contributed by atoms with van der Waals surface area (Å²) in [4.78, 5) is 16.4. The molecular weight excluding hydrogens is 574 g/mol. The molecule has 0 unspecified atom stereocenters. The van der Waals surface area contributed by atoms with Gasteiger partial charge in [0, 0.05) is 52.7 Å². The van der Waals surface area contributed by atoms with Crippen molar-refractivity contribution in [2.24, 2.45) is 7.05 Å². The number of amides is 1. The zero-order chi connectivity index (χ0) is 30.5. The predicted molar refractivity (Wildman–Crippen MR) is 162 cm³/mol. The Kier molecular flexibility index (Phi) is 6.97. The molecule has 6 aromatic rings. The molecule has 0 fully saturated rings. The van der Waals surface area contributed by atoms with Crippen molar-refractivity contribution < 1.29 is 31.0 Å². The third kappa shape index (κ3) is 5.12. The zero-order valence-electron chi connectivity index (χ0n) is 23.5. The van der Waals surface area contributed by atoms with Gasteiger partial charge in [0.05, 0.1) is 17.0 Å². The smallest absolute Gasteiger partial charge is 0.255 e. The second kappa shape index (κ2) is 10.7. The van der Waals surface area contributed by atoms with Crippen LogP contribution in [-0.4, -0.2) is 32.1 Å². The Morgan fingerprint density at radius 3 is 2.44 bits per heavy atom. The Labute approximate surface area is 246 Å². The summed E-state index contributed by atoms with van der Waals surface area (Å²) in [6.07, 6.45) is 1.81. The largest absolute Gasteiger partial charge is 0.455 e. The molecule has 8 nitrogen and oxygen atoms in total. The van der Waals surface area contributed by atoms with Crippen molar-refractivity contribution in [2.45, 2.75) is 6.92 Å². The second-order valence-electron chi connectivity index (χ2n) is 10.1. The van der Waals surface area contributed by atoms with Gasteiger partial charge in [-0.3, -0.25) is 9.52 Å². The fourth-order valence-corrected chi connectivity index (χ4v) is 5.77. The standard InChI is InChI=1S/C32H26F2N4O4S/c1-4-43(40,41)37-26-17-29-23(30(32(39)35-2)31(42-29)18-8-10-20(33)11-9-18)15-21(26)19-12-13-38(3)28(14-19)27-16-22-24(34)6-5-7-25(22)36-27/h5-17H,4H2,1-3H3,(H2,35,36,37,39)/p+1. The minimum absolute atomic E-state index is 0.164. The quantitative estimate of drug-likeness (QED) is 0.191. The highest BCUT2D eigenvalue weighted by molar-refractivity contribution is 7.92. The molecule has 0 atom stereocenters. The van der Waals surface area contributed by atoms with Gasteiger partial charge in [-0.25, -0.2) is 17.2 Å². The highest BCUT2D eigenvalue weighted by Gasteiger charge is 2.25. The van der Waals surface area contributed by atoms with Crippen LogP contribution in [0.4, 0.5) is 14.5 Å². The van der Waals surface area contributed by atoms with Gasteiger partial charge in [0.1, 0.15) is 35.7 Å². The fourth-order valence-electron chi connectivity index (χ4n) is 5.12. The normalized spacial score (nSPS) is 11.7. The number of halogens is 2. The number of aromatic nitrogens is 2. The number of anilines is 1. The summed E-state index contributed by atoms with van der Waals surface area (Å²) in [5.74, 6) is -1.16. The van der Waals surface area contributed by atoms with Crippen molar-refractivity contribution in [1.29, 1.82) is 0 Å². The van der Waals surface area contributed by atoms with E-state index in [4.69, 9.17) is 4.42 Å². The number of fused-ring (bicyclic) bond motifs is 2. The Morgan fingerprint density at radius 1 is 0.977 bits per heavy atom. The molecule has 0 radical (unpaired) electrons. The minimum atomic E-state index is -3.71. The average molecular weight is 602 g/mol. The molecule has 43 heavy (non-hydrogen) atoms. The molecule has 11 heteroatoms. The first-order valence-corrected chi connectivity index (χ1v) is 15.1. The van der Waals surface area contributed by atoms with Crippen LogP contribution in [0.2, 0.25) is 0 Å². The lowest BCUT2D eigenvalue weighted by atomic mass is 9.98. The van der Waals surface area contributed by atoms with Crippen LogP contribution in [0, 0.1) is 11.6 Å². The van der Waals surface area contributed by atoms with Crippen LogP contribution in [0.1, 0.15) is 17.3 Å². The fraction of sp³-hybridized carbons (Fsp3) is 0.125. The molecule has 0 bridgehead atoms. The van der Waals surface area contributed by atoms with Crippen LogP contribution >= 0.6 is 0 Å². The van der Waals surface area contributed by atoms with E-state index in [1.807, 2.05) is 29.9 Å². The van der Waals surface area contributed by atoms with Crippen LogP contribution < -0.4 is 14.6 Å². The average Bonchev–Trinajstić information content (AvgIpc) is 3.59. The lowest BCUT2D eigenvalue weighted by Gasteiger charge is -2.13. The number of pyridine rings is 1. The number of hydrogen-bond donors (Lipinski definition) is 3. The highest BCUT2D eigenvalue weighted by atomic mass is 32.2. The summed E-state index contributed by atoms with van der Waals surface area (Å²) in [5, 5.41) is 3.52. The zero-order valence-corrected chi connectivity index (χ0v) is 24.3. The van der Waals surface area contributed by atoms with Crippen molar-refractivity contribution in [3.63, 3.8) is 0 Å². The number of rotatable bonds is 7. The van der Waals surface area contributed by atoms with E-state index in [0.29, 0.717) is 44.4 Å². The van der Waals surface area contributed by atoms with Crippen LogP contribution in [0.5, 0.6) is 0 Å². The molecule has 0 saturated heterocycles. The van der Waals surface area contributed by atoms with E-state index in [0.717, 1.165) is 0 Å². The molecule has 0 saturated carbocycles. The molecule has 0 aliphatic rings. The first-order valence-electron chi connectivity index (χ1n) is 13.4. The number of hydrogen-bond acceptors (Lipinski definition) is 4. The summed E-state index contributed by atoms with van der Waals surface area (Å²) < 4.78 is 64.3. The van der Waals surface area contributed by atoms with Crippen molar-refractivity contribution in [3.8, 4) is 33.8 Å². The van der Waals surface area contributed by atoms with Gasteiger partial charge >= 0.3 is 0 Å². The molecule has 0 spiro atoms. The number of aryl methyl sites for hydroxylation is 1. The summed E-state index contributed by atoms with van der Waals surface area (Å²) in [7, 11) is -0.371. The van der Waals surface area contributed by atoms with E-state index >= 15 is 0 Å². The summed E-state index contributed by atoms with van der Waals surface area (Å²) in [6, 6.07) is 19.0. The first-order chi connectivity index (χ1) is 20.6. The van der Waals surface area contributed by atoms with Gasteiger partial charge in [-0.05, 0) is 61.0 Å². The van der Waals surface area contributed by atoms with Gasteiger partial charge in [-0.2, -0.15) is 4.57 Å². The van der Waals surface area contributed by atoms with E-state index in [2.05, 4.69) is 15.0 Å². The molecule has 3 heterocycles. The van der Waals surface area contributed by atoms with Gasteiger partial charge in [0.15, 0.2) is 6.20 Å². The topological polar surface area (TPSA) is 108 Å². The van der Waals surface area contributed by atoms with Gasteiger partial charge in [0.25, 0.3) is 5.91 Å². The van der Waals surface area contributed by atoms with Gasteiger partial charge in [-0.1, -0.05) is 6.07 Å². The number of carbonyl (C=O) groups is 1. The Morgan fingerprint density at radius 2 is 1.74 bits per heavy atom. The number of aromatic amines is 1. The van der Waals surface area contributed by atoms with Crippen LogP contribution in [0.15, 0.2) is 83.4 Å². The first kappa shape index (κ1) is 28.1. The highest BCUT2D eigenvalue weighted by Crippen LogP contribution is 2.40. The molecule has 3 aromatic heterocycles. The maximum Gasteiger partial charge on any atom is 0.255 e. The van der Waals surface area contributed by atoms with Crippen LogP contribution in [0.3, 0.4) is 0 Å². The third-order valence-corrected chi connectivity index (χ3v) is 8.67. The Hall–Kier alpha value is -5.03. The number of nitrogens with one attached hydrogen (secondary N) is 3. The van der Waals surface area contributed by atoms with E-state index in [1.54, 1.807) is 30.3 Å². The lowest BCUT2D eigenvalue weighted by Crippen LogP contribution is -2.30. The molecule has 0 aliphatic carbocycles. The summed E-state index contributed by atoms with van der Waals surface area (Å²) in [6.45, 7) is 1.53. The predicted octanol–water partition coefficient (Wildman–Crippen LogP) is 6.14. The van der Waals surface area contributed by atoms with Crippen molar-refractivity contribution in [2.75, 3.05) is 17.5 Å².